The van der Waals surface area contributed by atoms with E-state index in [-0.39, 0.29) is 0 Å². The number of nitrogens with zero attached hydrogens (tertiary/aromatic N) is 4. The molecule has 0 amide bonds. The van der Waals surface area contributed by atoms with Crippen LogP contribution in [0.5, 0.6) is 0 Å². The number of fused-ring (bicyclic) bond motifs is 1. The molecule has 21 heavy (non-hydrogen) atoms. The van der Waals surface area contributed by atoms with Crippen molar-refractivity contribution in [1.29, 1.82) is 0 Å². The largest absolute Gasteiger partial charge is 0.383 e. The molecule has 3 aromatic rings. The Hall–Kier alpha value is -2.43. The lowest BCUT2D eigenvalue weighted by Crippen LogP contribution is -2.11. The van der Waals surface area contributed by atoms with Crippen LogP contribution in [0.3, 0.4) is 0 Å². The van der Waals surface area contributed by atoms with Gasteiger partial charge in [0.05, 0.1) is 5.69 Å². The van der Waals surface area contributed by atoms with Gasteiger partial charge in [-0.3, -0.25) is 0 Å². The molecule has 0 saturated carbocycles. The summed E-state index contributed by atoms with van der Waals surface area (Å²) in [6, 6.07) is 10.4. The lowest BCUT2D eigenvalue weighted by Gasteiger charge is -2.12. The molecule has 0 bridgehead atoms. The Morgan fingerprint density at radius 1 is 1.10 bits per heavy atom. The summed E-state index contributed by atoms with van der Waals surface area (Å²) in [6.07, 6.45) is 5.26. The molecule has 0 unspecified atom stereocenters. The fraction of sp³-hybridized carbons (Fsp3) is 0.312. The van der Waals surface area contributed by atoms with Crippen molar-refractivity contribution in [1.82, 2.24) is 19.6 Å². The predicted octanol–water partition coefficient (Wildman–Crippen LogP) is 2.44. The maximum atomic E-state index is 6.28. The van der Waals surface area contributed by atoms with Crippen molar-refractivity contribution in [3.63, 3.8) is 0 Å². The van der Waals surface area contributed by atoms with E-state index >= 15 is 0 Å². The molecule has 0 aliphatic heterocycles. The molecular formula is C16H19N5. The van der Waals surface area contributed by atoms with Crippen molar-refractivity contribution >= 4 is 11.6 Å². The molecule has 0 spiro atoms. The van der Waals surface area contributed by atoms with E-state index in [9.17, 15) is 0 Å². The number of hydrogen-bond acceptors (Lipinski definition) is 4. The van der Waals surface area contributed by atoms with Gasteiger partial charge in [-0.25, -0.2) is 4.98 Å². The molecule has 2 N–H and O–H groups in total. The molecule has 0 fully saturated rings. The summed E-state index contributed by atoms with van der Waals surface area (Å²) in [5.41, 5.74) is 9.73. The van der Waals surface area contributed by atoms with E-state index in [1.54, 1.807) is 4.52 Å². The van der Waals surface area contributed by atoms with Crippen LogP contribution >= 0.6 is 0 Å². The van der Waals surface area contributed by atoms with Gasteiger partial charge < -0.3 is 5.73 Å². The van der Waals surface area contributed by atoms with Crippen molar-refractivity contribution in [2.45, 2.75) is 32.6 Å². The van der Waals surface area contributed by atoms with Crippen LogP contribution in [-0.2, 0) is 19.3 Å². The highest BCUT2D eigenvalue weighted by Gasteiger charge is 2.13. The molecule has 5 heteroatoms. The zero-order valence-corrected chi connectivity index (χ0v) is 12.2. The Kier molecular flexibility index (Phi) is 3.81. The van der Waals surface area contributed by atoms with E-state index in [1.165, 1.54) is 11.9 Å². The van der Waals surface area contributed by atoms with Gasteiger partial charge in [-0.05, 0) is 24.8 Å². The number of aryl methyl sites for hydroxylation is 2. The SMILES string of the molecule is CCCc1nc2ncnn2c(N)c1CCc1ccccc1. The number of hydrogen-bond donors (Lipinski definition) is 1. The zero-order chi connectivity index (χ0) is 14.7. The maximum Gasteiger partial charge on any atom is 0.254 e. The minimum absolute atomic E-state index is 0.583. The first-order valence-corrected chi connectivity index (χ1v) is 7.30. The van der Waals surface area contributed by atoms with E-state index < -0.39 is 0 Å². The first kappa shape index (κ1) is 13.5. The van der Waals surface area contributed by atoms with Crippen molar-refractivity contribution in [3.05, 3.63) is 53.5 Å². The summed E-state index contributed by atoms with van der Waals surface area (Å²) >= 11 is 0. The van der Waals surface area contributed by atoms with Gasteiger partial charge in [0.1, 0.15) is 12.1 Å². The van der Waals surface area contributed by atoms with Crippen LogP contribution in [0.25, 0.3) is 5.78 Å². The summed E-state index contributed by atoms with van der Waals surface area (Å²) < 4.78 is 1.62. The number of aromatic nitrogens is 4. The summed E-state index contributed by atoms with van der Waals surface area (Å²) in [7, 11) is 0. The van der Waals surface area contributed by atoms with Crippen LogP contribution < -0.4 is 5.73 Å². The third-order valence-electron chi connectivity index (χ3n) is 3.64. The van der Waals surface area contributed by atoms with Crippen molar-refractivity contribution in [3.8, 4) is 0 Å². The number of rotatable bonds is 5. The standard InChI is InChI=1S/C16H19N5/c1-2-6-14-13(10-9-12-7-4-3-5-8-12)15(17)21-16(20-14)18-11-19-21/h3-5,7-8,11H,2,6,9-10,17H2,1H3. The average Bonchev–Trinajstić information content (AvgIpc) is 2.97. The lowest BCUT2D eigenvalue weighted by atomic mass is 10.0. The molecule has 0 aliphatic rings. The third kappa shape index (κ3) is 2.72. The van der Waals surface area contributed by atoms with Crippen molar-refractivity contribution in [2.24, 2.45) is 0 Å². The monoisotopic (exact) mass is 281 g/mol. The Bertz CT molecular complexity index is 733. The van der Waals surface area contributed by atoms with E-state index in [1.807, 2.05) is 6.07 Å². The number of nitrogens with two attached hydrogens (primary N) is 1. The summed E-state index contributed by atoms with van der Waals surface area (Å²) in [5, 5.41) is 4.15. The summed E-state index contributed by atoms with van der Waals surface area (Å²) in [6.45, 7) is 2.15. The van der Waals surface area contributed by atoms with Crippen LogP contribution in [0.4, 0.5) is 5.82 Å². The quantitative estimate of drug-likeness (QED) is 0.780. The maximum absolute atomic E-state index is 6.28. The van der Waals surface area contributed by atoms with Crippen LogP contribution in [0.2, 0.25) is 0 Å². The Morgan fingerprint density at radius 3 is 2.67 bits per heavy atom. The molecule has 5 nitrogen and oxygen atoms in total. The molecule has 2 heterocycles. The second-order valence-electron chi connectivity index (χ2n) is 5.13. The minimum Gasteiger partial charge on any atom is -0.383 e. The van der Waals surface area contributed by atoms with Gasteiger partial charge in [0.25, 0.3) is 5.78 Å². The topological polar surface area (TPSA) is 69.1 Å². The molecule has 2 aromatic heterocycles. The molecule has 3 rings (SSSR count). The van der Waals surface area contributed by atoms with Gasteiger partial charge in [0, 0.05) is 5.56 Å². The minimum atomic E-state index is 0.583. The number of anilines is 1. The van der Waals surface area contributed by atoms with Crippen LogP contribution in [0.1, 0.15) is 30.2 Å². The van der Waals surface area contributed by atoms with E-state index in [0.29, 0.717) is 11.6 Å². The smallest absolute Gasteiger partial charge is 0.254 e. The first-order chi connectivity index (χ1) is 10.3. The Balaban J connectivity index is 1.95. The van der Waals surface area contributed by atoms with Gasteiger partial charge in [-0.15, -0.1) is 0 Å². The zero-order valence-electron chi connectivity index (χ0n) is 12.2. The van der Waals surface area contributed by atoms with E-state index in [0.717, 1.165) is 36.9 Å². The van der Waals surface area contributed by atoms with Crippen LogP contribution in [0.15, 0.2) is 36.7 Å². The van der Waals surface area contributed by atoms with E-state index in [2.05, 4.69) is 46.3 Å². The predicted molar refractivity (Wildman–Crippen MR) is 83.0 cm³/mol. The lowest BCUT2D eigenvalue weighted by molar-refractivity contribution is 0.814. The Morgan fingerprint density at radius 2 is 1.90 bits per heavy atom. The van der Waals surface area contributed by atoms with Crippen molar-refractivity contribution in [2.75, 3.05) is 5.73 Å². The third-order valence-corrected chi connectivity index (χ3v) is 3.64. The molecule has 0 radical (unpaired) electrons. The fourth-order valence-corrected chi connectivity index (χ4v) is 2.58. The van der Waals surface area contributed by atoms with Gasteiger partial charge in [0.2, 0.25) is 0 Å². The molecule has 1 aromatic carbocycles. The molecule has 0 saturated heterocycles. The second kappa shape index (κ2) is 5.91. The highest BCUT2D eigenvalue weighted by atomic mass is 15.3. The number of benzene rings is 1. The molecule has 0 aliphatic carbocycles. The second-order valence-corrected chi connectivity index (χ2v) is 5.13. The van der Waals surface area contributed by atoms with Crippen LogP contribution in [0, 0.1) is 0 Å². The number of nitrogen functional groups attached to an aromatic ring is 1. The van der Waals surface area contributed by atoms with Crippen LogP contribution in [-0.4, -0.2) is 19.6 Å². The Labute approximate surface area is 123 Å². The average molecular weight is 281 g/mol. The van der Waals surface area contributed by atoms with Gasteiger partial charge in [-0.1, -0.05) is 43.7 Å². The highest BCUT2D eigenvalue weighted by Crippen LogP contribution is 2.20. The molecule has 0 atom stereocenters. The normalized spacial score (nSPS) is 11.1. The van der Waals surface area contributed by atoms with Crippen molar-refractivity contribution < 1.29 is 0 Å². The highest BCUT2D eigenvalue weighted by molar-refractivity contribution is 5.49. The summed E-state index contributed by atoms with van der Waals surface area (Å²) in [4.78, 5) is 8.75. The molecule has 108 valence electrons. The van der Waals surface area contributed by atoms with Gasteiger partial charge in [0.15, 0.2) is 0 Å². The summed E-state index contributed by atoms with van der Waals surface area (Å²) in [5.74, 6) is 1.25. The molecular weight excluding hydrogens is 262 g/mol. The van der Waals surface area contributed by atoms with Gasteiger partial charge >= 0.3 is 0 Å². The first-order valence-electron chi connectivity index (χ1n) is 7.30. The van der Waals surface area contributed by atoms with Gasteiger partial charge in [-0.2, -0.15) is 14.6 Å². The fourth-order valence-electron chi connectivity index (χ4n) is 2.58. The van der Waals surface area contributed by atoms with E-state index in [4.69, 9.17) is 5.73 Å².